The SMILES string of the molecule is COc1cccc(OC)c1C(=O)NCc1cc2ccc(C)cc2[nH]c1=O. The minimum absolute atomic E-state index is 0.0964. The molecule has 1 heterocycles. The minimum atomic E-state index is -0.372. The van der Waals surface area contributed by atoms with Gasteiger partial charge in [-0.05, 0) is 42.1 Å². The highest BCUT2D eigenvalue weighted by atomic mass is 16.5. The highest BCUT2D eigenvalue weighted by Gasteiger charge is 2.18. The second-order valence-electron chi connectivity index (χ2n) is 5.93. The molecule has 3 aromatic rings. The fourth-order valence-corrected chi connectivity index (χ4v) is 2.83. The third-order valence-electron chi connectivity index (χ3n) is 4.17. The lowest BCUT2D eigenvalue weighted by atomic mass is 10.1. The molecule has 0 fully saturated rings. The van der Waals surface area contributed by atoms with E-state index in [4.69, 9.17) is 9.47 Å². The van der Waals surface area contributed by atoms with Crippen molar-refractivity contribution in [2.75, 3.05) is 14.2 Å². The van der Waals surface area contributed by atoms with Crippen LogP contribution in [0.2, 0.25) is 0 Å². The lowest BCUT2D eigenvalue weighted by Gasteiger charge is -2.13. The smallest absolute Gasteiger partial charge is 0.259 e. The Morgan fingerprint density at radius 2 is 1.77 bits per heavy atom. The Bertz CT molecular complexity index is 1000. The van der Waals surface area contributed by atoms with Crippen molar-refractivity contribution in [3.05, 3.63) is 69.5 Å². The number of ether oxygens (including phenoxy) is 2. The summed E-state index contributed by atoms with van der Waals surface area (Å²) < 4.78 is 10.5. The molecule has 6 heteroatoms. The van der Waals surface area contributed by atoms with Gasteiger partial charge in [0.2, 0.25) is 0 Å². The number of carbonyl (C=O) groups excluding carboxylic acids is 1. The number of hydrogen-bond acceptors (Lipinski definition) is 4. The molecule has 0 radical (unpaired) electrons. The van der Waals surface area contributed by atoms with Gasteiger partial charge in [0.1, 0.15) is 17.1 Å². The number of amides is 1. The number of aromatic amines is 1. The fraction of sp³-hybridized carbons (Fsp3) is 0.200. The van der Waals surface area contributed by atoms with Crippen molar-refractivity contribution in [2.45, 2.75) is 13.5 Å². The lowest BCUT2D eigenvalue weighted by Crippen LogP contribution is -2.27. The number of aromatic nitrogens is 1. The first kappa shape index (κ1) is 17.5. The summed E-state index contributed by atoms with van der Waals surface area (Å²) in [5.41, 5.74) is 2.39. The molecular weight excluding hydrogens is 332 g/mol. The molecule has 0 aliphatic heterocycles. The van der Waals surface area contributed by atoms with Crippen molar-refractivity contribution < 1.29 is 14.3 Å². The summed E-state index contributed by atoms with van der Waals surface area (Å²) in [4.78, 5) is 27.7. The van der Waals surface area contributed by atoms with E-state index in [0.29, 0.717) is 22.6 Å². The molecule has 2 N–H and O–H groups in total. The summed E-state index contributed by atoms with van der Waals surface area (Å²) in [6, 6.07) is 12.7. The van der Waals surface area contributed by atoms with Gasteiger partial charge in [-0.15, -0.1) is 0 Å². The van der Waals surface area contributed by atoms with E-state index in [1.54, 1.807) is 24.3 Å². The van der Waals surface area contributed by atoms with E-state index in [2.05, 4.69) is 10.3 Å². The number of H-pyrrole nitrogens is 1. The van der Waals surface area contributed by atoms with E-state index >= 15 is 0 Å². The predicted molar refractivity (Wildman–Crippen MR) is 100 cm³/mol. The van der Waals surface area contributed by atoms with Crippen LogP contribution in [-0.4, -0.2) is 25.1 Å². The van der Waals surface area contributed by atoms with Crippen molar-refractivity contribution in [1.29, 1.82) is 0 Å². The van der Waals surface area contributed by atoms with Crippen molar-refractivity contribution in [3.63, 3.8) is 0 Å². The molecule has 0 saturated carbocycles. The molecule has 26 heavy (non-hydrogen) atoms. The van der Waals surface area contributed by atoms with Gasteiger partial charge in [0.15, 0.2) is 0 Å². The maximum atomic E-state index is 12.6. The number of methoxy groups -OCH3 is 2. The number of hydrogen-bond donors (Lipinski definition) is 2. The fourth-order valence-electron chi connectivity index (χ4n) is 2.83. The van der Waals surface area contributed by atoms with Gasteiger partial charge in [0, 0.05) is 17.6 Å². The van der Waals surface area contributed by atoms with E-state index < -0.39 is 0 Å². The van der Waals surface area contributed by atoms with Crippen LogP contribution in [0.25, 0.3) is 10.9 Å². The van der Waals surface area contributed by atoms with Gasteiger partial charge in [-0.2, -0.15) is 0 Å². The summed E-state index contributed by atoms with van der Waals surface area (Å²) in [7, 11) is 2.98. The minimum Gasteiger partial charge on any atom is -0.496 e. The number of rotatable bonds is 5. The Morgan fingerprint density at radius 1 is 1.08 bits per heavy atom. The van der Waals surface area contributed by atoms with Gasteiger partial charge in [-0.1, -0.05) is 18.2 Å². The van der Waals surface area contributed by atoms with Crippen LogP contribution in [0.4, 0.5) is 0 Å². The maximum Gasteiger partial charge on any atom is 0.259 e. The van der Waals surface area contributed by atoms with Crippen LogP contribution >= 0.6 is 0 Å². The lowest BCUT2D eigenvalue weighted by molar-refractivity contribution is 0.0944. The maximum absolute atomic E-state index is 12.6. The second-order valence-corrected chi connectivity index (χ2v) is 5.93. The molecule has 1 aromatic heterocycles. The Morgan fingerprint density at radius 3 is 2.42 bits per heavy atom. The van der Waals surface area contributed by atoms with Crippen molar-refractivity contribution >= 4 is 16.8 Å². The van der Waals surface area contributed by atoms with Crippen LogP contribution in [-0.2, 0) is 6.54 Å². The van der Waals surface area contributed by atoms with Crippen LogP contribution in [0.15, 0.2) is 47.3 Å². The molecule has 0 atom stereocenters. The number of aryl methyl sites for hydroxylation is 1. The van der Waals surface area contributed by atoms with Crippen LogP contribution in [0.1, 0.15) is 21.5 Å². The highest BCUT2D eigenvalue weighted by Crippen LogP contribution is 2.28. The zero-order valence-corrected chi connectivity index (χ0v) is 14.9. The first-order valence-electron chi connectivity index (χ1n) is 8.15. The third kappa shape index (κ3) is 3.39. The van der Waals surface area contributed by atoms with E-state index in [1.165, 1.54) is 14.2 Å². The Hall–Kier alpha value is -3.28. The molecule has 0 aliphatic carbocycles. The van der Waals surface area contributed by atoms with Gasteiger partial charge in [-0.3, -0.25) is 9.59 Å². The Balaban J connectivity index is 1.87. The van der Waals surface area contributed by atoms with Crippen LogP contribution in [0.5, 0.6) is 11.5 Å². The number of carbonyl (C=O) groups is 1. The molecule has 0 spiro atoms. The molecule has 1 amide bonds. The van der Waals surface area contributed by atoms with E-state index in [9.17, 15) is 9.59 Å². The summed E-state index contributed by atoms with van der Waals surface area (Å²) in [6.45, 7) is 2.06. The summed E-state index contributed by atoms with van der Waals surface area (Å²) >= 11 is 0. The first-order valence-corrected chi connectivity index (χ1v) is 8.15. The highest BCUT2D eigenvalue weighted by molar-refractivity contribution is 5.99. The van der Waals surface area contributed by atoms with Crippen LogP contribution in [0, 0.1) is 6.92 Å². The average Bonchev–Trinajstić information content (AvgIpc) is 2.65. The summed E-state index contributed by atoms with van der Waals surface area (Å²) in [6.07, 6.45) is 0. The molecule has 0 bridgehead atoms. The molecular formula is C20H20N2O4. The topological polar surface area (TPSA) is 80.4 Å². The largest absolute Gasteiger partial charge is 0.496 e. The summed E-state index contributed by atoms with van der Waals surface area (Å²) in [5.74, 6) is 0.442. The molecule has 134 valence electrons. The first-order chi connectivity index (χ1) is 12.5. The third-order valence-corrected chi connectivity index (χ3v) is 4.17. The van der Waals surface area contributed by atoms with Crippen molar-refractivity contribution in [3.8, 4) is 11.5 Å². The number of pyridine rings is 1. The normalized spacial score (nSPS) is 10.6. The Kier molecular flexibility index (Phi) is 4.93. The zero-order chi connectivity index (χ0) is 18.7. The van der Waals surface area contributed by atoms with Gasteiger partial charge in [-0.25, -0.2) is 0 Å². The van der Waals surface area contributed by atoms with E-state index in [0.717, 1.165) is 16.5 Å². The predicted octanol–water partition coefficient (Wildman–Crippen LogP) is 2.78. The molecule has 0 unspecified atom stereocenters. The van der Waals surface area contributed by atoms with Crippen molar-refractivity contribution in [2.24, 2.45) is 0 Å². The number of fused-ring (bicyclic) bond motifs is 1. The van der Waals surface area contributed by atoms with Gasteiger partial charge in [0.25, 0.3) is 11.5 Å². The summed E-state index contributed by atoms with van der Waals surface area (Å²) in [5, 5.41) is 3.67. The standard InChI is InChI=1S/C20H20N2O4/c1-12-7-8-13-10-14(19(23)22-15(13)9-12)11-21-20(24)18-16(25-2)5-4-6-17(18)26-3/h4-10H,11H2,1-3H3,(H,21,24)(H,22,23). The van der Waals surface area contributed by atoms with E-state index in [-0.39, 0.29) is 18.0 Å². The molecule has 0 saturated heterocycles. The van der Waals surface area contributed by atoms with E-state index in [1.807, 2.05) is 25.1 Å². The van der Waals surface area contributed by atoms with Crippen LogP contribution in [0.3, 0.4) is 0 Å². The quantitative estimate of drug-likeness (QED) is 0.740. The van der Waals surface area contributed by atoms with Gasteiger partial charge < -0.3 is 19.8 Å². The Labute approximate surface area is 150 Å². The number of benzene rings is 2. The monoisotopic (exact) mass is 352 g/mol. The van der Waals surface area contributed by atoms with Gasteiger partial charge >= 0.3 is 0 Å². The van der Waals surface area contributed by atoms with Crippen LogP contribution < -0.4 is 20.3 Å². The molecule has 2 aromatic carbocycles. The zero-order valence-electron chi connectivity index (χ0n) is 14.9. The molecule has 3 rings (SSSR count). The molecule has 6 nitrogen and oxygen atoms in total. The average molecular weight is 352 g/mol. The second kappa shape index (κ2) is 7.31. The number of nitrogens with one attached hydrogen (secondary N) is 2. The van der Waals surface area contributed by atoms with Gasteiger partial charge in [0.05, 0.1) is 14.2 Å². The molecule has 0 aliphatic rings. The van der Waals surface area contributed by atoms with Crippen molar-refractivity contribution in [1.82, 2.24) is 10.3 Å².